The minimum absolute atomic E-state index is 0.0443. The fourth-order valence-corrected chi connectivity index (χ4v) is 4.70. The highest BCUT2D eigenvalue weighted by Crippen LogP contribution is 2.30. The van der Waals surface area contributed by atoms with Gasteiger partial charge in [-0.05, 0) is 57.5 Å². The highest BCUT2D eigenvalue weighted by atomic mass is 32.2. The fraction of sp³-hybridized carbons (Fsp3) is 0.429. The van der Waals surface area contributed by atoms with E-state index in [2.05, 4.69) is 0 Å². The first-order valence-electron chi connectivity index (χ1n) is 9.24. The van der Waals surface area contributed by atoms with Crippen molar-refractivity contribution in [1.82, 2.24) is 4.31 Å². The van der Waals surface area contributed by atoms with Crippen molar-refractivity contribution in [3.63, 3.8) is 0 Å². The second kappa shape index (κ2) is 8.00. The van der Waals surface area contributed by atoms with E-state index in [0.29, 0.717) is 18.8 Å². The van der Waals surface area contributed by atoms with Gasteiger partial charge >= 0.3 is 0 Å². The van der Waals surface area contributed by atoms with Gasteiger partial charge in [0, 0.05) is 13.1 Å². The van der Waals surface area contributed by atoms with E-state index in [0.717, 1.165) is 11.1 Å². The number of aryl methyl sites for hydroxylation is 1. The zero-order chi connectivity index (χ0) is 19.6. The van der Waals surface area contributed by atoms with E-state index >= 15 is 0 Å². The Bertz CT molecular complexity index is 860. The monoisotopic (exact) mass is 389 g/mol. The highest BCUT2D eigenvalue weighted by Gasteiger charge is 2.34. The van der Waals surface area contributed by atoms with E-state index in [9.17, 15) is 8.42 Å². The summed E-state index contributed by atoms with van der Waals surface area (Å²) in [6.45, 7) is 8.45. The molecular formula is C21H27NO4S. The Morgan fingerprint density at radius 1 is 1.04 bits per heavy atom. The smallest absolute Gasteiger partial charge is 0.243 e. The lowest BCUT2D eigenvalue weighted by Gasteiger charge is -2.36. The number of ether oxygens (including phenoxy) is 2. The van der Waals surface area contributed by atoms with Crippen molar-refractivity contribution < 1.29 is 17.9 Å². The standard InChI is InChI=1S/C21H27NO4S/c1-15(2)25-19-9-11-20(12-10-19)27(23,24)22-13-17(4)26-21(14-22)18-7-5-16(3)6-8-18/h5-12,15,17,21H,13-14H2,1-4H3. The van der Waals surface area contributed by atoms with Crippen molar-refractivity contribution in [2.24, 2.45) is 0 Å². The van der Waals surface area contributed by atoms with E-state index < -0.39 is 10.0 Å². The normalized spacial score (nSPS) is 21.4. The van der Waals surface area contributed by atoms with Crippen LogP contribution in [-0.4, -0.2) is 38.0 Å². The molecule has 1 aliphatic rings. The molecule has 2 unspecified atom stereocenters. The summed E-state index contributed by atoms with van der Waals surface area (Å²) in [7, 11) is -3.59. The van der Waals surface area contributed by atoms with Gasteiger partial charge in [0.1, 0.15) is 5.75 Å². The minimum Gasteiger partial charge on any atom is -0.491 e. The van der Waals surface area contributed by atoms with Crippen LogP contribution in [0.1, 0.15) is 38.0 Å². The third-order valence-electron chi connectivity index (χ3n) is 4.51. The Balaban J connectivity index is 1.81. The summed E-state index contributed by atoms with van der Waals surface area (Å²) in [6.07, 6.45) is -0.404. The molecule has 1 fully saturated rings. The van der Waals surface area contributed by atoms with Gasteiger partial charge in [-0.2, -0.15) is 4.31 Å². The van der Waals surface area contributed by atoms with Crippen LogP contribution in [0.3, 0.4) is 0 Å². The summed E-state index contributed by atoms with van der Waals surface area (Å²) in [6, 6.07) is 14.7. The van der Waals surface area contributed by atoms with Crippen LogP contribution in [0.2, 0.25) is 0 Å². The number of nitrogens with zero attached hydrogens (tertiary/aromatic N) is 1. The Kier molecular flexibility index (Phi) is 5.89. The average Bonchev–Trinajstić information content (AvgIpc) is 2.62. The molecule has 0 N–H and O–H groups in total. The lowest BCUT2D eigenvalue weighted by atomic mass is 10.1. The molecule has 0 aliphatic carbocycles. The molecule has 2 atom stereocenters. The van der Waals surface area contributed by atoms with Gasteiger partial charge in [0.05, 0.1) is 23.2 Å². The number of sulfonamides is 1. The number of hydrogen-bond donors (Lipinski definition) is 0. The molecule has 0 saturated carbocycles. The summed E-state index contributed by atoms with van der Waals surface area (Å²) in [4.78, 5) is 0.273. The van der Waals surface area contributed by atoms with Gasteiger partial charge in [0.2, 0.25) is 10.0 Å². The fourth-order valence-electron chi connectivity index (χ4n) is 3.19. The molecule has 6 heteroatoms. The molecule has 0 spiro atoms. The molecule has 0 radical (unpaired) electrons. The highest BCUT2D eigenvalue weighted by molar-refractivity contribution is 7.89. The van der Waals surface area contributed by atoms with Crippen molar-refractivity contribution in [2.75, 3.05) is 13.1 Å². The van der Waals surface area contributed by atoms with Crippen molar-refractivity contribution in [1.29, 1.82) is 0 Å². The summed E-state index contributed by atoms with van der Waals surface area (Å²) < 4.78 is 39.4. The molecule has 2 aromatic rings. The van der Waals surface area contributed by atoms with Crippen molar-refractivity contribution >= 4 is 10.0 Å². The molecule has 1 heterocycles. The van der Waals surface area contributed by atoms with E-state index in [4.69, 9.17) is 9.47 Å². The number of hydrogen-bond acceptors (Lipinski definition) is 4. The largest absolute Gasteiger partial charge is 0.491 e. The van der Waals surface area contributed by atoms with Gasteiger partial charge in [-0.3, -0.25) is 0 Å². The van der Waals surface area contributed by atoms with Gasteiger partial charge in [0.15, 0.2) is 0 Å². The van der Waals surface area contributed by atoms with Crippen LogP contribution in [0, 0.1) is 6.92 Å². The zero-order valence-electron chi connectivity index (χ0n) is 16.3. The number of rotatable bonds is 5. The number of morpholine rings is 1. The van der Waals surface area contributed by atoms with E-state index in [1.807, 2.05) is 52.0 Å². The van der Waals surface area contributed by atoms with E-state index in [1.54, 1.807) is 24.3 Å². The third kappa shape index (κ3) is 4.69. The molecule has 146 valence electrons. The Morgan fingerprint density at radius 3 is 2.26 bits per heavy atom. The molecule has 2 aromatic carbocycles. The van der Waals surface area contributed by atoms with Crippen molar-refractivity contribution in [3.8, 4) is 5.75 Å². The maximum absolute atomic E-state index is 13.1. The van der Waals surface area contributed by atoms with Gasteiger partial charge < -0.3 is 9.47 Å². The quantitative estimate of drug-likeness (QED) is 0.777. The van der Waals surface area contributed by atoms with Crippen LogP contribution in [0.4, 0.5) is 0 Å². The minimum atomic E-state index is -3.59. The topological polar surface area (TPSA) is 55.8 Å². The molecule has 0 amide bonds. The van der Waals surface area contributed by atoms with Gasteiger partial charge in [-0.15, -0.1) is 0 Å². The SMILES string of the molecule is Cc1ccc(C2CN(S(=O)(=O)c3ccc(OC(C)C)cc3)CC(C)O2)cc1. The Hall–Kier alpha value is -1.89. The zero-order valence-corrected chi connectivity index (χ0v) is 17.1. The van der Waals surface area contributed by atoms with Crippen LogP contribution in [0.25, 0.3) is 0 Å². The summed E-state index contributed by atoms with van der Waals surface area (Å²) in [5.74, 6) is 0.664. The molecular weight excluding hydrogens is 362 g/mol. The molecule has 1 aliphatic heterocycles. The molecule has 5 nitrogen and oxygen atoms in total. The molecule has 0 bridgehead atoms. The van der Waals surface area contributed by atoms with Crippen molar-refractivity contribution in [3.05, 3.63) is 59.7 Å². The van der Waals surface area contributed by atoms with E-state index in [1.165, 1.54) is 4.31 Å². The average molecular weight is 390 g/mol. The van der Waals surface area contributed by atoms with Crippen LogP contribution in [0.5, 0.6) is 5.75 Å². The molecule has 3 rings (SSSR count). The Labute approximate surface area is 162 Å². The second-order valence-electron chi connectivity index (χ2n) is 7.31. The predicted octanol–water partition coefficient (Wildman–Crippen LogP) is 3.93. The molecule has 27 heavy (non-hydrogen) atoms. The third-order valence-corrected chi connectivity index (χ3v) is 6.36. The summed E-state index contributed by atoms with van der Waals surface area (Å²) in [5, 5.41) is 0. The van der Waals surface area contributed by atoms with Gasteiger partial charge in [-0.1, -0.05) is 29.8 Å². The summed E-state index contributed by atoms with van der Waals surface area (Å²) in [5.41, 5.74) is 2.16. The maximum Gasteiger partial charge on any atom is 0.243 e. The predicted molar refractivity (Wildman–Crippen MR) is 105 cm³/mol. The first-order valence-corrected chi connectivity index (χ1v) is 10.7. The van der Waals surface area contributed by atoms with Crippen LogP contribution >= 0.6 is 0 Å². The van der Waals surface area contributed by atoms with Crippen molar-refractivity contribution in [2.45, 2.75) is 50.9 Å². The van der Waals surface area contributed by atoms with Gasteiger partial charge in [0.25, 0.3) is 0 Å². The maximum atomic E-state index is 13.1. The van der Waals surface area contributed by atoms with Crippen LogP contribution in [0.15, 0.2) is 53.4 Å². The van der Waals surface area contributed by atoms with Gasteiger partial charge in [-0.25, -0.2) is 8.42 Å². The molecule has 0 aromatic heterocycles. The lowest BCUT2D eigenvalue weighted by Crippen LogP contribution is -2.45. The van der Waals surface area contributed by atoms with Crippen LogP contribution < -0.4 is 4.74 Å². The number of benzene rings is 2. The lowest BCUT2D eigenvalue weighted by molar-refractivity contribution is -0.0557. The molecule has 1 saturated heterocycles. The Morgan fingerprint density at radius 2 is 1.67 bits per heavy atom. The second-order valence-corrected chi connectivity index (χ2v) is 9.24. The van der Waals surface area contributed by atoms with E-state index in [-0.39, 0.29) is 23.2 Å². The first kappa shape index (κ1) is 19.9. The first-order chi connectivity index (χ1) is 12.8. The summed E-state index contributed by atoms with van der Waals surface area (Å²) >= 11 is 0. The van der Waals surface area contributed by atoms with Crippen LogP contribution in [-0.2, 0) is 14.8 Å².